The zero-order valence-electron chi connectivity index (χ0n) is 13.5. The second-order valence-corrected chi connectivity index (χ2v) is 5.43. The molecule has 2 nitrogen and oxygen atoms in total. The van der Waals surface area contributed by atoms with E-state index in [-0.39, 0.29) is 0 Å². The smallest absolute Gasteiger partial charge is 0.0802 e. The molecule has 0 unspecified atom stereocenters. The van der Waals surface area contributed by atoms with Gasteiger partial charge in [0, 0.05) is 27.8 Å². The maximum atomic E-state index is 5.87. The Bertz CT molecular complexity index is 1060. The van der Waals surface area contributed by atoms with Gasteiger partial charge in [0.25, 0.3) is 0 Å². The first kappa shape index (κ1) is 15.0. The van der Waals surface area contributed by atoms with Gasteiger partial charge in [0.2, 0.25) is 0 Å². The van der Waals surface area contributed by atoms with Gasteiger partial charge in [0.15, 0.2) is 0 Å². The summed E-state index contributed by atoms with van der Waals surface area (Å²) < 4.78 is 0. The molecule has 0 amide bonds. The molecule has 0 spiro atoms. The predicted molar refractivity (Wildman–Crippen MR) is 102 cm³/mol. The number of hydrogen-bond acceptors (Lipinski definition) is 2. The van der Waals surface area contributed by atoms with E-state index >= 15 is 0 Å². The first-order valence-corrected chi connectivity index (χ1v) is 7.73. The number of allylic oxidation sites excluding steroid dienone is 1. The van der Waals surface area contributed by atoms with Crippen molar-refractivity contribution < 1.29 is 0 Å². The standard InChI is InChI=1S/C21H20N2/c1-4-7-18-14(5-2)8-10-16-12-17-11-9-15(6-3)19(13-22)21(17)23-20(16)18/h4-13H,2,22H2,1,3H3/b7-4-,15-6-,19-13+. The Hall–Kier alpha value is -2.87. The Morgan fingerprint density at radius 3 is 2.43 bits per heavy atom. The number of hydrogen-bond donors (Lipinski definition) is 1. The van der Waals surface area contributed by atoms with Crippen molar-refractivity contribution in [3.05, 3.63) is 64.6 Å². The lowest BCUT2D eigenvalue weighted by molar-refractivity contribution is 1.42. The van der Waals surface area contributed by atoms with Crippen LogP contribution in [0.2, 0.25) is 0 Å². The van der Waals surface area contributed by atoms with E-state index in [0.29, 0.717) is 0 Å². The van der Waals surface area contributed by atoms with Gasteiger partial charge in [-0.3, -0.25) is 0 Å². The van der Waals surface area contributed by atoms with Crippen LogP contribution in [-0.2, 0) is 0 Å². The Morgan fingerprint density at radius 2 is 1.78 bits per heavy atom. The van der Waals surface area contributed by atoms with E-state index in [1.165, 1.54) is 0 Å². The molecule has 0 saturated carbocycles. The van der Waals surface area contributed by atoms with Crippen LogP contribution in [0.1, 0.15) is 25.0 Å². The molecule has 0 radical (unpaired) electrons. The van der Waals surface area contributed by atoms with E-state index in [2.05, 4.69) is 49.1 Å². The number of pyridine rings is 1. The number of fused-ring (bicyclic) bond motifs is 2. The van der Waals surface area contributed by atoms with Crippen molar-refractivity contribution in [1.82, 2.24) is 4.98 Å². The zero-order chi connectivity index (χ0) is 16.4. The molecule has 23 heavy (non-hydrogen) atoms. The summed E-state index contributed by atoms with van der Waals surface area (Å²) in [5.74, 6) is 0. The van der Waals surface area contributed by atoms with Gasteiger partial charge in [-0.15, -0.1) is 0 Å². The molecular weight excluding hydrogens is 280 g/mol. The topological polar surface area (TPSA) is 38.9 Å². The Kier molecular flexibility index (Phi) is 3.98. The van der Waals surface area contributed by atoms with E-state index in [1.54, 1.807) is 6.20 Å². The van der Waals surface area contributed by atoms with Gasteiger partial charge in [-0.05, 0) is 30.7 Å². The van der Waals surface area contributed by atoms with Crippen molar-refractivity contribution in [2.75, 3.05) is 0 Å². The number of aromatic nitrogens is 1. The maximum absolute atomic E-state index is 5.87. The molecule has 0 bridgehead atoms. The van der Waals surface area contributed by atoms with Crippen molar-refractivity contribution >= 4 is 46.2 Å². The van der Waals surface area contributed by atoms with Crippen molar-refractivity contribution in [3.8, 4) is 0 Å². The van der Waals surface area contributed by atoms with Gasteiger partial charge in [-0.25, -0.2) is 4.98 Å². The monoisotopic (exact) mass is 300 g/mol. The Balaban J connectivity index is 2.58. The third-order valence-corrected chi connectivity index (χ3v) is 4.13. The number of nitrogens with zero attached hydrogens (tertiary/aromatic N) is 1. The average molecular weight is 300 g/mol. The molecule has 0 saturated heterocycles. The summed E-state index contributed by atoms with van der Waals surface area (Å²) in [6.45, 7) is 7.93. The van der Waals surface area contributed by atoms with Crippen LogP contribution in [0.15, 0.2) is 43.0 Å². The highest BCUT2D eigenvalue weighted by molar-refractivity contribution is 5.98. The molecule has 1 heterocycles. The fraction of sp³-hybridized carbons (Fsp3) is 0.0952. The third-order valence-electron chi connectivity index (χ3n) is 4.13. The highest BCUT2D eigenvalue weighted by atomic mass is 14.7. The summed E-state index contributed by atoms with van der Waals surface area (Å²) in [5.41, 5.74) is 9.96. The molecular formula is C21H20N2. The SMILES string of the molecule is C=Cc1ccc2cc3ccc(=C/C)/c(=C\N)c3nc2c1/C=C\C. The van der Waals surface area contributed by atoms with Crippen LogP contribution in [0.25, 0.3) is 46.2 Å². The van der Waals surface area contributed by atoms with Crippen LogP contribution in [-0.4, -0.2) is 4.98 Å². The first-order chi connectivity index (χ1) is 11.2. The Labute approximate surface area is 136 Å². The van der Waals surface area contributed by atoms with Crippen LogP contribution in [0.5, 0.6) is 0 Å². The first-order valence-electron chi connectivity index (χ1n) is 7.73. The highest BCUT2D eigenvalue weighted by Gasteiger charge is 2.07. The molecule has 2 heteroatoms. The molecule has 114 valence electrons. The number of nitrogens with two attached hydrogens (primary N) is 1. The van der Waals surface area contributed by atoms with Gasteiger partial charge in [-0.1, -0.05) is 55.1 Å². The van der Waals surface area contributed by atoms with Crippen molar-refractivity contribution in [2.45, 2.75) is 13.8 Å². The van der Waals surface area contributed by atoms with E-state index in [0.717, 1.165) is 43.4 Å². The summed E-state index contributed by atoms with van der Waals surface area (Å²) >= 11 is 0. The van der Waals surface area contributed by atoms with Crippen LogP contribution in [0.3, 0.4) is 0 Å². The largest absolute Gasteiger partial charge is 0.404 e. The molecule has 1 aromatic heterocycles. The van der Waals surface area contributed by atoms with Crippen LogP contribution < -0.4 is 16.2 Å². The summed E-state index contributed by atoms with van der Waals surface area (Å²) in [7, 11) is 0. The van der Waals surface area contributed by atoms with Crippen molar-refractivity contribution in [2.24, 2.45) is 5.73 Å². The molecule has 2 aromatic carbocycles. The van der Waals surface area contributed by atoms with Crippen molar-refractivity contribution in [3.63, 3.8) is 0 Å². The third kappa shape index (κ3) is 2.42. The lowest BCUT2D eigenvalue weighted by atomic mass is 10.0. The minimum Gasteiger partial charge on any atom is -0.404 e. The molecule has 3 aromatic rings. The summed E-state index contributed by atoms with van der Waals surface area (Å²) in [6, 6.07) is 10.5. The van der Waals surface area contributed by atoms with Gasteiger partial charge >= 0.3 is 0 Å². The summed E-state index contributed by atoms with van der Waals surface area (Å²) in [6.07, 6.45) is 9.67. The van der Waals surface area contributed by atoms with Gasteiger partial charge in [-0.2, -0.15) is 0 Å². The molecule has 0 atom stereocenters. The zero-order valence-corrected chi connectivity index (χ0v) is 13.5. The van der Waals surface area contributed by atoms with E-state index in [4.69, 9.17) is 10.7 Å². The maximum Gasteiger partial charge on any atom is 0.0802 e. The Morgan fingerprint density at radius 1 is 1.04 bits per heavy atom. The van der Waals surface area contributed by atoms with Gasteiger partial charge in [0.1, 0.15) is 0 Å². The van der Waals surface area contributed by atoms with Gasteiger partial charge in [0.05, 0.1) is 11.0 Å². The van der Waals surface area contributed by atoms with E-state index in [9.17, 15) is 0 Å². The average Bonchev–Trinajstić information content (AvgIpc) is 2.59. The number of rotatable bonds is 2. The molecule has 2 N–H and O–H groups in total. The lowest BCUT2D eigenvalue weighted by Gasteiger charge is -2.09. The predicted octanol–water partition coefficient (Wildman–Crippen LogP) is 3.56. The lowest BCUT2D eigenvalue weighted by Crippen LogP contribution is -2.27. The second-order valence-electron chi connectivity index (χ2n) is 5.43. The molecule has 0 aliphatic rings. The van der Waals surface area contributed by atoms with Crippen LogP contribution >= 0.6 is 0 Å². The van der Waals surface area contributed by atoms with Crippen LogP contribution in [0, 0.1) is 0 Å². The fourth-order valence-electron chi connectivity index (χ4n) is 2.99. The minimum atomic E-state index is 0.933. The molecule has 3 rings (SSSR count). The summed E-state index contributed by atoms with van der Waals surface area (Å²) in [5, 5.41) is 4.28. The van der Waals surface area contributed by atoms with Crippen LogP contribution in [0.4, 0.5) is 0 Å². The minimum absolute atomic E-state index is 0.933. The molecule has 0 fully saturated rings. The highest BCUT2D eigenvalue weighted by Crippen LogP contribution is 2.25. The second kappa shape index (κ2) is 6.09. The van der Waals surface area contributed by atoms with E-state index < -0.39 is 0 Å². The fourth-order valence-corrected chi connectivity index (χ4v) is 2.99. The summed E-state index contributed by atoms with van der Waals surface area (Å²) in [4.78, 5) is 4.95. The number of benzene rings is 2. The van der Waals surface area contributed by atoms with Crippen molar-refractivity contribution in [1.29, 1.82) is 0 Å². The molecule has 0 aliphatic carbocycles. The normalized spacial score (nSPS) is 13.5. The molecule has 0 aliphatic heterocycles. The quantitative estimate of drug-likeness (QED) is 0.735. The van der Waals surface area contributed by atoms with E-state index in [1.807, 2.05) is 26.0 Å². The van der Waals surface area contributed by atoms with Gasteiger partial charge < -0.3 is 5.73 Å².